The minimum absolute atomic E-state index is 0.326. The summed E-state index contributed by atoms with van der Waals surface area (Å²) in [5, 5.41) is 0. The predicted octanol–water partition coefficient (Wildman–Crippen LogP) is 4.73. The van der Waals surface area contributed by atoms with Gasteiger partial charge in [-0.1, -0.05) is 40.7 Å². The van der Waals surface area contributed by atoms with Gasteiger partial charge in [0, 0.05) is 6.20 Å². The maximum atomic E-state index is 4.49. The van der Waals surface area contributed by atoms with Crippen LogP contribution in [0, 0.1) is 11.3 Å². The summed E-state index contributed by atoms with van der Waals surface area (Å²) < 4.78 is 0. The summed E-state index contributed by atoms with van der Waals surface area (Å²) in [5.74, 6) is 0.525. The van der Waals surface area contributed by atoms with Gasteiger partial charge in [-0.3, -0.25) is 4.98 Å². The minimum atomic E-state index is 0.326. The third kappa shape index (κ3) is 4.33. The van der Waals surface area contributed by atoms with Crippen LogP contribution in [0.3, 0.4) is 0 Å². The fraction of sp³-hybridized carbons (Fsp3) is 0.562. The van der Waals surface area contributed by atoms with Gasteiger partial charge < -0.3 is 0 Å². The Morgan fingerprint density at radius 1 is 1.35 bits per heavy atom. The molecule has 1 heterocycles. The molecule has 0 fully saturated rings. The summed E-state index contributed by atoms with van der Waals surface area (Å²) in [6.45, 7) is 13.3. The highest BCUT2D eigenvalue weighted by atomic mass is 14.7. The van der Waals surface area contributed by atoms with E-state index in [0.29, 0.717) is 11.3 Å². The largest absolute Gasteiger partial charge is 0.257 e. The lowest BCUT2D eigenvalue weighted by molar-refractivity contribution is 0.411. The lowest BCUT2D eigenvalue weighted by Crippen LogP contribution is -2.09. The molecule has 1 aromatic heterocycles. The minimum Gasteiger partial charge on any atom is -0.257 e. The highest BCUT2D eigenvalue weighted by Crippen LogP contribution is 2.25. The Morgan fingerprint density at radius 2 is 2.00 bits per heavy atom. The van der Waals surface area contributed by atoms with E-state index in [-0.39, 0.29) is 0 Å². The molecule has 17 heavy (non-hydrogen) atoms. The first kappa shape index (κ1) is 14.0. The van der Waals surface area contributed by atoms with Crippen LogP contribution in [0.25, 0.3) is 5.57 Å². The van der Waals surface area contributed by atoms with Crippen molar-refractivity contribution >= 4 is 5.57 Å². The average molecular weight is 231 g/mol. The lowest BCUT2D eigenvalue weighted by atomic mass is 9.87. The van der Waals surface area contributed by atoms with E-state index in [9.17, 15) is 0 Å². The van der Waals surface area contributed by atoms with Crippen molar-refractivity contribution in [2.24, 2.45) is 11.3 Å². The van der Waals surface area contributed by atoms with Crippen LogP contribution in [0.15, 0.2) is 24.4 Å². The Labute approximate surface area is 106 Å². The standard InChI is InChI=1S/C16H25N/c1-7-14(12(2)3)15-10-13(8-9-17-15)11-16(4,5)6/h7-10,12H,11H2,1-6H3/b14-7+. The molecule has 0 unspecified atom stereocenters. The Bertz CT molecular complexity index is 394. The molecule has 0 bridgehead atoms. The maximum Gasteiger partial charge on any atom is 0.0663 e. The number of rotatable bonds is 3. The van der Waals surface area contributed by atoms with Gasteiger partial charge in [-0.05, 0) is 47.9 Å². The van der Waals surface area contributed by atoms with Crippen molar-refractivity contribution in [3.05, 3.63) is 35.7 Å². The second-order valence-corrected chi connectivity index (χ2v) is 6.19. The third-order valence-electron chi connectivity index (χ3n) is 2.79. The van der Waals surface area contributed by atoms with Crippen LogP contribution in [0.2, 0.25) is 0 Å². The SMILES string of the molecule is C/C=C(/c1cc(CC(C)(C)C)ccn1)C(C)C. The van der Waals surface area contributed by atoms with Gasteiger partial charge in [-0.2, -0.15) is 0 Å². The van der Waals surface area contributed by atoms with Crippen molar-refractivity contribution in [1.29, 1.82) is 0 Å². The molecular weight excluding hydrogens is 206 g/mol. The summed E-state index contributed by atoms with van der Waals surface area (Å²) in [4.78, 5) is 4.49. The van der Waals surface area contributed by atoms with Crippen LogP contribution < -0.4 is 0 Å². The Balaban J connectivity index is 3.01. The van der Waals surface area contributed by atoms with Crippen LogP contribution in [0.5, 0.6) is 0 Å². The summed E-state index contributed by atoms with van der Waals surface area (Å²) in [6.07, 6.45) is 5.20. The van der Waals surface area contributed by atoms with Crippen molar-refractivity contribution < 1.29 is 0 Å². The highest BCUT2D eigenvalue weighted by Gasteiger charge is 2.13. The molecule has 1 nitrogen and oxygen atoms in total. The molecule has 0 aliphatic carbocycles. The van der Waals surface area contributed by atoms with E-state index >= 15 is 0 Å². The van der Waals surface area contributed by atoms with E-state index in [1.165, 1.54) is 11.1 Å². The summed E-state index contributed by atoms with van der Waals surface area (Å²) in [5.41, 5.74) is 4.17. The van der Waals surface area contributed by atoms with Crippen LogP contribution in [-0.4, -0.2) is 4.98 Å². The van der Waals surface area contributed by atoms with Crippen LogP contribution in [0.1, 0.15) is 52.8 Å². The van der Waals surface area contributed by atoms with Gasteiger partial charge >= 0.3 is 0 Å². The van der Waals surface area contributed by atoms with Gasteiger partial charge in [0.15, 0.2) is 0 Å². The van der Waals surface area contributed by atoms with Crippen molar-refractivity contribution in [3.8, 4) is 0 Å². The molecule has 0 amide bonds. The molecule has 0 aromatic carbocycles. The summed E-state index contributed by atoms with van der Waals surface area (Å²) in [6, 6.07) is 4.36. The van der Waals surface area contributed by atoms with E-state index < -0.39 is 0 Å². The van der Waals surface area contributed by atoms with Crippen LogP contribution >= 0.6 is 0 Å². The smallest absolute Gasteiger partial charge is 0.0663 e. The number of hydrogen-bond acceptors (Lipinski definition) is 1. The molecule has 1 aromatic rings. The molecule has 94 valence electrons. The molecule has 0 atom stereocenters. The number of aromatic nitrogens is 1. The zero-order valence-corrected chi connectivity index (χ0v) is 12.0. The average Bonchev–Trinajstić information content (AvgIpc) is 2.15. The molecular formula is C16H25N. The topological polar surface area (TPSA) is 12.9 Å². The molecule has 0 saturated heterocycles. The van der Waals surface area contributed by atoms with Gasteiger partial charge in [0.1, 0.15) is 0 Å². The number of allylic oxidation sites excluding steroid dienone is 2. The van der Waals surface area contributed by atoms with E-state index in [1.54, 1.807) is 0 Å². The first-order chi connectivity index (χ1) is 7.83. The van der Waals surface area contributed by atoms with Crippen LogP contribution in [-0.2, 0) is 6.42 Å². The monoisotopic (exact) mass is 231 g/mol. The van der Waals surface area contributed by atoms with Gasteiger partial charge in [-0.25, -0.2) is 0 Å². The first-order valence-corrected chi connectivity index (χ1v) is 6.45. The zero-order chi connectivity index (χ0) is 13.1. The summed E-state index contributed by atoms with van der Waals surface area (Å²) in [7, 11) is 0. The van der Waals surface area contributed by atoms with Gasteiger partial charge in [0.05, 0.1) is 5.69 Å². The van der Waals surface area contributed by atoms with E-state index in [0.717, 1.165) is 12.1 Å². The number of pyridine rings is 1. The van der Waals surface area contributed by atoms with Gasteiger partial charge in [0.2, 0.25) is 0 Å². The fourth-order valence-electron chi connectivity index (χ4n) is 2.13. The second-order valence-electron chi connectivity index (χ2n) is 6.19. The molecule has 1 heteroatoms. The Morgan fingerprint density at radius 3 is 2.47 bits per heavy atom. The van der Waals surface area contributed by atoms with Gasteiger partial charge in [-0.15, -0.1) is 0 Å². The second kappa shape index (κ2) is 5.48. The zero-order valence-electron chi connectivity index (χ0n) is 12.0. The first-order valence-electron chi connectivity index (χ1n) is 6.45. The molecule has 0 aliphatic heterocycles. The van der Waals surface area contributed by atoms with E-state index in [2.05, 4.69) is 64.7 Å². The van der Waals surface area contributed by atoms with E-state index in [4.69, 9.17) is 0 Å². The van der Waals surface area contributed by atoms with Crippen molar-refractivity contribution in [2.75, 3.05) is 0 Å². The molecule has 1 rings (SSSR count). The molecule has 0 aliphatic rings. The lowest BCUT2D eigenvalue weighted by Gasteiger charge is -2.19. The maximum absolute atomic E-state index is 4.49. The van der Waals surface area contributed by atoms with Crippen molar-refractivity contribution in [1.82, 2.24) is 4.98 Å². The quantitative estimate of drug-likeness (QED) is 0.733. The molecule has 0 N–H and O–H groups in total. The van der Waals surface area contributed by atoms with E-state index in [1.807, 2.05) is 6.20 Å². The molecule has 0 radical (unpaired) electrons. The summed E-state index contributed by atoms with van der Waals surface area (Å²) >= 11 is 0. The normalized spacial score (nSPS) is 13.2. The number of nitrogens with zero attached hydrogens (tertiary/aromatic N) is 1. The Kier molecular flexibility index (Phi) is 4.50. The Hall–Kier alpha value is -1.11. The molecule has 0 spiro atoms. The number of hydrogen-bond donors (Lipinski definition) is 0. The van der Waals surface area contributed by atoms with Crippen LogP contribution in [0.4, 0.5) is 0 Å². The van der Waals surface area contributed by atoms with Gasteiger partial charge in [0.25, 0.3) is 0 Å². The van der Waals surface area contributed by atoms with Crippen molar-refractivity contribution in [2.45, 2.75) is 48.0 Å². The highest BCUT2D eigenvalue weighted by molar-refractivity contribution is 5.64. The third-order valence-corrected chi connectivity index (χ3v) is 2.79. The van der Waals surface area contributed by atoms with Crippen molar-refractivity contribution in [3.63, 3.8) is 0 Å². The fourth-order valence-corrected chi connectivity index (χ4v) is 2.13. The predicted molar refractivity (Wildman–Crippen MR) is 75.9 cm³/mol. The molecule has 0 saturated carbocycles.